The molecule has 1 aliphatic heterocycles. The molecule has 134 valence electrons. The van der Waals surface area contributed by atoms with Gasteiger partial charge in [-0.2, -0.15) is 0 Å². The van der Waals surface area contributed by atoms with Crippen LogP contribution in [0.1, 0.15) is 31.2 Å². The molecule has 25 heavy (non-hydrogen) atoms. The predicted molar refractivity (Wildman–Crippen MR) is 90.8 cm³/mol. The van der Waals surface area contributed by atoms with Crippen molar-refractivity contribution in [2.75, 3.05) is 13.1 Å². The fraction of sp³-hybridized carbons (Fsp3) is 0.579. The minimum atomic E-state index is -1.47. The van der Waals surface area contributed by atoms with Gasteiger partial charge < -0.3 is 20.4 Å². The minimum Gasteiger partial charge on any atom is -0.465 e. The summed E-state index contributed by atoms with van der Waals surface area (Å²) in [5, 5.41) is 22.9. The van der Waals surface area contributed by atoms with Crippen molar-refractivity contribution in [2.24, 2.45) is 17.8 Å². The highest BCUT2D eigenvalue weighted by atomic mass is 16.4. The first-order chi connectivity index (χ1) is 12.0. The van der Waals surface area contributed by atoms with E-state index in [1.165, 1.54) is 0 Å². The maximum atomic E-state index is 13.3. The van der Waals surface area contributed by atoms with E-state index in [1.807, 2.05) is 30.3 Å². The highest BCUT2D eigenvalue weighted by Crippen LogP contribution is 2.48. The molecule has 2 saturated carbocycles. The van der Waals surface area contributed by atoms with Gasteiger partial charge in [0.15, 0.2) is 5.60 Å². The molecule has 0 spiro atoms. The Kier molecular flexibility index (Phi) is 3.95. The lowest BCUT2D eigenvalue weighted by atomic mass is 9.79. The monoisotopic (exact) mass is 344 g/mol. The van der Waals surface area contributed by atoms with Crippen LogP contribution < -0.4 is 5.32 Å². The molecule has 3 atom stereocenters. The summed E-state index contributed by atoms with van der Waals surface area (Å²) in [5.41, 5.74) is -0.794. The van der Waals surface area contributed by atoms with Gasteiger partial charge >= 0.3 is 6.09 Å². The molecule has 1 heterocycles. The van der Waals surface area contributed by atoms with Crippen LogP contribution in [0, 0.1) is 17.8 Å². The molecule has 0 radical (unpaired) electrons. The number of carbonyl (C=O) groups is 2. The van der Waals surface area contributed by atoms with E-state index in [9.17, 15) is 14.7 Å². The van der Waals surface area contributed by atoms with Crippen LogP contribution in [0.5, 0.6) is 0 Å². The van der Waals surface area contributed by atoms with Gasteiger partial charge in [0.1, 0.15) is 0 Å². The Morgan fingerprint density at radius 3 is 2.24 bits per heavy atom. The zero-order valence-corrected chi connectivity index (χ0v) is 14.1. The van der Waals surface area contributed by atoms with Crippen molar-refractivity contribution < 1.29 is 19.8 Å². The lowest BCUT2D eigenvalue weighted by Gasteiger charge is -2.37. The van der Waals surface area contributed by atoms with E-state index in [0.29, 0.717) is 18.7 Å². The van der Waals surface area contributed by atoms with E-state index in [2.05, 4.69) is 5.32 Å². The van der Waals surface area contributed by atoms with E-state index >= 15 is 0 Å². The summed E-state index contributed by atoms with van der Waals surface area (Å²) < 4.78 is 0. The predicted octanol–water partition coefficient (Wildman–Crippen LogP) is 1.79. The molecule has 6 heteroatoms. The number of hydrogen-bond donors (Lipinski definition) is 3. The summed E-state index contributed by atoms with van der Waals surface area (Å²) >= 11 is 0. The second-order valence-electron chi connectivity index (χ2n) is 7.63. The third-order valence-electron chi connectivity index (χ3n) is 6.26. The standard InChI is InChI=1S/C19H24N2O4/c22-17(21-10-14-15(11-21)16(14)20-18(23)24)19(25,13-8-4-5-9-13)12-6-2-1-3-7-12/h1-3,6-7,13-16,20,25H,4-5,8-11H2,(H,23,24). The van der Waals surface area contributed by atoms with E-state index in [1.54, 1.807) is 4.90 Å². The normalized spacial score (nSPS) is 30.6. The Labute approximate surface area is 146 Å². The fourth-order valence-corrected chi connectivity index (χ4v) is 4.86. The van der Waals surface area contributed by atoms with Crippen molar-refractivity contribution in [1.29, 1.82) is 0 Å². The summed E-state index contributed by atoms with van der Waals surface area (Å²) in [6.45, 7) is 1.05. The number of rotatable bonds is 4. The van der Waals surface area contributed by atoms with Crippen LogP contribution in [0.4, 0.5) is 4.79 Å². The smallest absolute Gasteiger partial charge is 0.404 e. The fourth-order valence-electron chi connectivity index (χ4n) is 4.86. The molecule has 2 amide bonds. The van der Waals surface area contributed by atoms with E-state index < -0.39 is 11.7 Å². The van der Waals surface area contributed by atoms with Crippen molar-refractivity contribution in [1.82, 2.24) is 10.2 Å². The molecule has 1 aromatic rings. The van der Waals surface area contributed by atoms with Gasteiger partial charge in [-0.3, -0.25) is 4.79 Å². The second-order valence-corrected chi connectivity index (χ2v) is 7.63. The molecule has 6 nitrogen and oxygen atoms in total. The summed E-state index contributed by atoms with van der Waals surface area (Å²) in [5.74, 6) is 0.103. The van der Waals surface area contributed by atoms with Gasteiger partial charge in [0.25, 0.3) is 5.91 Å². The molecule has 3 N–H and O–H groups in total. The number of piperidine rings is 1. The molecule has 3 aliphatic rings. The Morgan fingerprint density at radius 2 is 1.68 bits per heavy atom. The summed E-state index contributed by atoms with van der Waals surface area (Å²) in [4.78, 5) is 25.8. The first-order valence-electron chi connectivity index (χ1n) is 9.08. The van der Waals surface area contributed by atoms with Crippen LogP contribution in [0.2, 0.25) is 0 Å². The summed E-state index contributed by atoms with van der Waals surface area (Å²) in [7, 11) is 0. The number of likely N-dealkylation sites (tertiary alicyclic amines) is 1. The lowest BCUT2D eigenvalue weighted by Crippen LogP contribution is -2.51. The maximum Gasteiger partial charge on any atom is 0.404 e. The quantitative estimate of drug-likeness (QED) is 0.777. The molecule has 1 saturated heterocycles. The molecular formula is C19H24N2O4. The number of carbonyl (C=O) groups excluding carboxylic acids is 1. The first kappa shape index (κ1) is 16.4. The molecule has 3 fully saturated rings. The van der Waals surface area contributed by atoms with Crippen molar-refractivity contribution in [3.63, 3.8) is 0 Å². The molecule has 3 unspecified atom stereocenters. The van der Waals surface area contributed by atoms with E-state index in [-0.39, 0.29) is 29.7 Å². The Balaban J connectivity index is 1.53. The number of amides is 2. The van der Waals surface area contributed by atoms with E-state index in [0.717, 1.165) is 25.7 Å². The summed E-state index contributed by atoms with van der Waals surface area (Å²) in [6, 6.07) is 9.23. The number of aliphatic hydroxyl groups is 1. The van der Waals surface area contributed by atoms with Gasteiger partial charge in [-0.1, -0.05) is 43.2 Å². The molecule has 1 aromatic carbocycles. The average Bonchev–Trinajstić information content (AvgIpc) is 3.08. The van der Waals surface area contributed by atoms with Crippen molar-refractivity contribution in [3.05, 3.63) is 35.9 Å². The van der Waals surface area contributed by atoms with Crippen molar-refractivity contribution in [3.8, 4) is 0 Å². The molecule has 2 aliphatic carbocycles. The molecule has 0 aromatic heterocycles. The Morgan fingerprint density at radius 1 is 1.08 bits per heavy atom. The van der Waals surface area contributed by atoms with Crippen molar-refractivity contribution in [2.45, 2.75) is 37.3 Å². The van der Waals surface area contributed by atoms with E-state index in [4.69, 9.17) is 5.11 Å². The van der Waals surface area contributed by atoms with Crippen LogP contribution in [0.15, 0.2) is 30.3 Å². The largest absolute Gasteiger partial charge is 0.465 e. The summed E-state index contributed by atoms with van der Waals surface area (Å²) in [6.07, 6.45) is 2.80. The van der Waals surface area contributed by atoms with Crippen LogP contribution in [-0.4, -0.2) is 46.2 Å². The highest BCUT2D eigenvalue weighted by molar-refractivity contribution is 5.87. The Hall–Kier alpha value is -2.08. The van der Waals surface area contributed by atoms with Gasteiger partial charge in [0.2, 0.25) is 0 Å². The minimum absolute atomic E-state index is 0.0437. The Bertz CT molecular complexity index is 661. The maximum absolute atomic E-state index is 13.3. The average molecular weight is 344 g/mol. The lowest BCUT2D eigenvalue weighted by molar-refractivity contribution is -0.158. The molecule has 4 rings (SSSR count). The zero-order chi connectivity index (χ0) is 17.6. The van der Waals surface area contributed by atoms with Gasteiger partial charge in [-0.15, -0.1) is 0 Å². The zero-order valence-electron chi connectivity index (χ0n) is 14.1. The SMILES string of the molecule is O=C(O)NC1C2CN(C(=O)C(O)(c3ccccc3)C3CCCC3)CC21. The van der Waals surface area contributed by atoms with Gasteiger partial charge in [-0.25, -0.2) is 4.79 Å². The number of benzene rings is 1. The third-order valence-corrected chi connectivity index (χ3v) is 6.26. The van der Waals surface area contributed by atoms with Gasteiger partial charge in [-0.05, 0) is 18.4 Å². The number of fused-ring (bicyclic) bond motifs is 1. The number of hydrogen-bond acceptors (Lipinski definition) is 3. The highest BCUT2D eigenvalue weighted by Gasteiger charge is 2.60. The van der Waals surface area contributed by atoms with Crippen LogP contribution in [0.3, 0.4) is 0 Å². The second kappa shape index (κ2) is 6.02. The van der Waals surface area contributed by atoms with Gasteiger partial charge in [0.05, 0.1) is 0 Å². The number of carboxylic acid groups (broad SMARTS) is 1. The van der Waals surface area contributed by atoms with Crippen LogP contribution in [0.25, 0.3) is 0 Å². The first-order valence-corrected chi connectivity index (χ1v) is 9.08. The third kappa shape index (κ3) is 2.68. The van der Waals surface area contributed by atoms with Crippen molar-refractivity contribution >= 4 is 12.0 Å². The number of nitrogens with zero attached hydrogens (tertiary/aromatic N) is 1. The number of nitrogens with one attached hydrogen (secondary N) is 1. The van der Waals surface area contributed by atoms with Gasteiger partial charge in [0, 0.05) is 36.9 Å². The topological polar surface area (TPSA) is 89.9 Å². The molecule has 0 bridgehead atoms. The van der Waals surface area contributed by atoms with Crippen LogP contribution in [-0.2, 0) is 10.4 Å². The molecular weight excluding hydrogens is 320 g/mol. The van der Waals surface area contributed by atoms with Crippen LogP contribution >= 0.6 is 0 Å².